The Balaban J connectivity index is 1.48. The van der Waals surface area contributed by atoms with Gasteiger partial charge in [0.1, 0.15) is 11.2 Å². The molecular weight excluding hydrogens is 456 g/mol. The number of hydrogen-bond donors (Lipinski definition) is 0. The molecule has 5 rings (SSSR count). The summed E-state index contributed by atoms with van der Waals surface area (Å²) in [7, 11) is 0. The van der Waals surface area contributed by atoms with Crippen LogP contribution in [0.5, 0.6) is 0 Å². The number of thioether (sulfide) groups is 1. The first kappa shape index (κ1) is 18.3. The van der Waals surface area contributed by atoms with Gasteiger partial charge in [0.05, 0.1) is 11.1 Å². The number of fused-ring (bicyclic) bond motifs is 5. The molecule has 0 amide bonds. The van der Waals surface area contributed by atoms with E-state index in [4.69, 9.17) is 0 Å². The average molecular weight is 473 g/mol. The number of hydrogen-bond acceptors (Lipinski definition) is 6. The number of benzene rings is 1. The fourth-order valence-corrected chi connectivity index (χ4v) is 6.17. The number of nitrogens with zero attached hydrogens (tertiary/aromatic N) is 4. The SMILES string of the molecule is CC1CCCc2sc3ncn4c(SCC(=O)c5ccc(Br)cc5)nnc4c3c21. The molecule has 0 saturated carbocycles. The first-order valence-corrected chi connectivity index (χ1v) is 11.8. The van der Waals surface area contributed by atoms with Crippen LogP contribution in [0.4, 0.5) is 0 Å². The van der Waals surface area contributed by atoms with E-state index in [0.29, 0.717) is 22.4 Å². The molecule has 0 N–H and O–H groups in total. The number of ketones is 1. The summed E-state index contributed by atoms with van der Waals surface area (Å²) in [6.07, 6.45) is 5.36. The molecule has 0 saturated heterocycles. The fraction of sp³-hybridized carbons (Fsp3) is 0.300. The smallest absolute Gasteiger partial charge is 0.197 e. The van der Waals surface area contributed by atoms with E-state index in [1.807, 2.05) is 28.7 Å². The van der Waals surface area contributed by atoms with Crippen LogP contribution in [0.3, 0.4) is 0 Å². The molecule has 1 unspecified atom stereocenters. The maximum absolute atomic E-state index is 12.5. The Morgan fingerprint density at radius 2 is 2.14 bits per heavy atom. The van der Waals surface area contributed by atoms with Gasteiger partial charge >= 0.3 is 0 Å². The molecule has 142 valence electrons. The van der Waals surface area contributed by atoms with Crippen LogP contribution in [0.15, 0.2) is 40.2 Å². The second-order valence-corrected chi connectivity index (χ2v) is 9.99. The molecule has 0 aliphatic heterocycles. The van der Waals surface area contributed by atoms with Gasteiger partial charge in [0.25, 0.3) is 0 Å². The molecular formula is C20H17BrN4OS2. The number of aryl methyl sites for hydroxylation is 1. The number of aromatic nitrogens is 4. The lowest BCUT2D eigenvalue weighted by atomic mass is 9.87. The zero-order valence-electron chi connectivity index (χ0n) is 15.2. The molecule has 3 heterocycles. The Bertz CT molecular complexity index is 1200. The monoisotopic (exact) mass is 472 g/mol. The molecule has 5 nitrogen and oxygen atoms in total. The lowest BCUT2D eigenvalue weighted by molar-refractivity contribution is 0.102. The Hall–Kier alpha value is -1.77. The fourth-order valence-electron chi connectivity index (χ4n) is 3.81. The van der Waals surface area contributed by atoms with Crippen LogP contribution in [0.1, 0.15) is 46.5 Å². The highest BCUT2D eigenvalue weighted by Crippen LogP contribution is 2.42. The van der Waals surface area contributed by atoms with Gasteiger partial charge in [-0.2, -0.15) is 0 Å². The van der Waals surface area contributed by atoms with Crippen molar-refractivity contribution in [2.24, 2.45) is 0 Å². The van der Waals surface area contributed by atoms with Crippen molar-refractivity contribution in [2.45, 2.75) is 37.3 Å². The minimum absolute atomic E-state index is 0.0739. The minimum atomic E-state index is 0.0739. The zero-order chi connectivity index (χ0) is 19.3. The second kappa shape index (κ2) is 7.24. The predicted molar refractivity (Wildman–Crippen MR) is 117 cm³/mol. The highest BCUT2D eigenvalue weighted by atomic mass is 79.9. The third-order valence-corrected chi connectivity index (χ3v) is 7.86. The second-order valence-electron chi connectivity index (χ2n) is 7.05. The van der Waals surface area contributed by atoms with Crippen molar-refractivity contribution in [3.63, 3.8) is 0 Å². The highest BCUT2D eigenvalue weighted by Gasteiger charge is 2.25. The van der Waals surface area contributed by atoms with E-state index in [1.165, 1.54) is 35.0 Å². The molecule has 3 aromatic heterocycles. The van der Waals surface area contributed by atoms with Crippen LogP contribution in [0.25, 0.3) is 15.9 Å². The average Bonchev–Trinajstić information content (AvgIpc) is 3.28. The number of carbonyl (C=O) groups is 1. The zero-order valence-corrected chi connectivity index (χ0v) is 18.4. The summed E-state index contributed by atoms with van der Waals surface area (Å²) < 4.78 is 2.89. The summed E-state index contributed by atoms with van der Waals surface area (Å²) >= 11 is 6.59. The minimum Gasteiger partial charge on any atom is -0.293 e. The summed E-state index contributed by atoms with van der Waals surface area (Å²) in [5.41, 5.74) is 2.96. The summed E-state index contributed by atoms with van der Waals surface area (Å²) in [6.45, 7) is 2.29. The maximum Gasteiger partial charge on any atom is 0.197 e. The summed E-state index contributed by atoms with van der Waals surface area (Å²) in [4.78, 5) is 19.6. The van der Waals surface area contributed by atoms with E-state index >= 15 is 0 Å². The molecule has 0 spiro atoms. The van der Waals surface area contributed by atoms with Gasteiger partial charge < -0.3 is 0 Å². The number of carbonyl (C=O) groups excluding carboxylic acids is 1. The van der Waals surface area contributed by atoms with Crippen LogP contribution < -0.4 is 0 Å². The van der Waals surface area contributed by atoms with Gasteiger partial charge in [0.2, 0.25) is 0 Å². The Morgan fingerprint density at radius 3 is 2.96 bits per heavy atom. The van der Waals surface area contributed by atoms with Crippen LogP contribution in [-0.2, 0) is 6.42 Å². The van der Waals surface area contributed by atoms with E-state index in [1.54, 1.807) is 17.7 Å². The molecule has 0 fully saturated rings. The molecule has 1 aliphatic carbocycles. The van der Waals surface area contributed by atoms with Crippen LogP contribution in [-0.4, -0.2) is 31.1 Å². The number of halogens is 1. The Morgan fingerprint density at radius 1 is 1.32 bits per heavy atom. The Labute approximate surface area is 178 Å². The third-order valence-electron chi connectivity index (χ3n) is 5.21. The van der Waals surface area contributed by atoms with Gasteiger partial charge in [0.15, 0.2) is 16.6 Å². The lowest BCUT2D eigenvalue weighted by Crippen LogP contribution is -2.04. The first-order chi connectivity index (χ1) is 13.6. The van der Waals surface area contributed by atoms with Crippen molar-refractivity contribution in [3.8, 4) is 0 Å². The van der Waals surface area contributed by atoms with Crippen molar-refractivity contribution in [2.75, 3.05) is 5.75 Å². The molecule has 1 atom stereocenters. The number of thiophene rings is 1. The number of rotatable bonds is 4. The number of Topliss-reactive ketones (excluding diaryl/α,β-unsaturated/α-hetero) is 1. The summed E-state index contributed by atoms with van der Waals surface area (Å²) in [5.74, 6) is 0.917. The van der Waals surface area contributed by atoms with E-state index < -0.39 is 0 Å². The standard InChI is InChI=1S/C20H17BrN4OS2/c1-11-3-2-4-15-16(11)17-18-23-24-20(25(18)10-22-19(17)28-15)27-9-14(26)12-5-7-13(21)8-6-12/h5-8,10-11H,2-4,9H2,1H3. The topological polar surface area (TPSA) is 60.2 Å². The molecule has 4 aromatic rings. The highest BCUT2D eigenvalue weighted by molar-refractivity contribution is 9.10. The van der Waals surface area contributed by atoms with Crippen molar-refractivity contribution in [3.05, 3.63) is 51.1 Å². The van der Waals surface area contributed by atoms with Crippen molar-refractivity contribution in [1.29, 1.82) is 0 Å². The molecule has 1 aliphatic rings. The van der Waals surface area contributed by atoms with Gasteiger partial charge in [-0.05, 0) is 42.9 Å². The van der Waals surface area contributed by atoms with Gasteiger partial charge in [-0.3, -0.25) is 9.20 Å². The summed E-state index contributed by atoms with van der Waals surface area (Å²) in [5, 5.41) is 10.7. The lowest BCUT2D eigenvalue weighted by Gasteiger charge is -2.18. The normalized spacial score (nSPS) is 16.6. The van der Waals surface area contributed by atoms with Gasteiger partial charge in [-0.25, -0.2) is 4.98 Å². The third kappa shape index (κ3) is 3.07. The van der Waals surface area contributed by atoms with Gasteiger partial charge in [0, 0.05) is 14.9 Å². The van der Waals surface area contributed by atoms with Gasteiger partial charge in [-0.1, -0.05) is 46.7 Å². The van der Waals surface area contributed by atoms with Gasteiger partial charge in [-0.15, -0.1) is 21.5 Å². The summed E-state index contributed by atoms with van der Waals surface area (Å²) in [6, 6.07) is 7.43. The van der Waals surface area contributed by atoms with Crippen molar-refractivity contribution < 1.29 is 4.79 Å². The van der Waals surface area contributed by atoms with E-state index in [0.717, 1.165) is 26.8 Å². The van der Waals surface area contributed by atoms with Crippen molar-refractivity contribution in [1.82, 2.24) is 19.6 Å². The van der Waals surface area contributed by atoms with Crippen molar-refractivity contribution >= 4 is 60.7 Å². The van der Waals surface area contributed by atoms with E-state index in [9.17, 15) is 4.79 Å². The van der Waals surface area contributed by atoms with Crippen LogP contribution in [0.2, 0.25) is 0 Å². The molecule has 0 bridgehead atoms. The quantitative estimate of drug-likeness (QED) is 0.289. The van der Waals surface area contributed by atoms with Crippen LogP contribution >= 0.6 is 39.0 Å². The maximum atomic E-state index is 12.5. The van der Waals surface area contributed by atoms with E-state index in [2.05, 4.69) is 38.0 Å². The first-order valence-electron chi connectivity index (χ1n) is 9.18. The molecule has 1 aromatic carbocycles. The van der Waals surface area contributed by atoms with Crippen LogP contribution in [0, 0.1) is 0 Å². The predicted octanol–water partition coefficient (Wildman–Crippen LogP) is 5.52. The van der Waals surface area contributed by atoms with E-state index in [-0.39, 0.29) is 5.78 Å². The molecule has 0 radical (unpaired) electrons. The molecule has 8 heteroatoms. The Kier molecular flexibility index (Phi) is 4.72. The largest absolute Gasteiger partial charge is 0.293 e. The molecule has 28 heavy (non-hydrogen) atoms.